The molecule has 0 unspecified atom stereocenters. The lowest BCUT2D eigenvalue weighted by atomic mass is 10.2. The van der Waals surface area contributed by atoms with Crippen molar-refractivity contribution in [2.45, 2.75) is 28.5 Å². The van der Waals surface area contributed by atoms with Crippen LogP contribution in [0.5, 0.6) is 0 Å². The van der Waals surface area contributed by atoms with Crippen molar-refractivity contribution >= 4 is 81.4 Å². The van der Waals surface area contributed by atoms with E-state index in [4.69, 9.17) is 21.4 Å². The Hall–Kier alpha value is -0.990. The van der Waals surface area contributed by atoms with Crippen LogP contribution in [0.25, 0.3) is 0 Å². The van der Waals surface area contributed by atoms with Gasteiger partial charge in [-0.3, -0.25) is 4.18 Å². The molecule has 0 N–H and O–H groups in total. The highest BCUT2D eigenvalue weighted by Gasteiger charge is 2.13. The lowest BCUT2D eigenvalue weighted by molar-refractivity contribution is 0.338. The molecule has 0 aliphatic rings. The summed E-state index contributed by atoms with van der Waals surface area (Å²) in [5.74, 6) is 0. The smallest absolute Gasteiger partial charge is 0.267 e. The number of rotatable bonds is 5. The second-order valence-electron chi connectivity index (χ2n) is 6.47. The number of aryl methyl sites for hydroxylation is 1. The van der Waals surface area contributed by atoms with Crippen molar-refractivity contribution in [1.82, 2.24) is 0 Å². The van der Waals surface area contributed by atoms with Gasteiger partial charge in [0.1, 0.15) is 0 Å². The average Bonchev–Trinajstić information content (AvgIpc) is 2.73. The van der Waals surface area contributed by atoms with Gasteiger partial charge in [0, 0.05) is 30.3 Å². The van der Waals surface area contributed by atoms with Gasteiger partial charge in [0.2, 0.25) is 0 Å². The monoisotopic (exact) mass is 708 g/mol. The van der Waals surface area contributed by atoms with Crippen molar-refractivity contribution in [3.05, 3.63) is 87.3 Å². The van der Waals surface area contributed by atoms with Crippen LogP contribution in [-0.4, -0.2) is 31.9 Å². The molecule has 0 saturated heterocycles. The van der Waals surface area contributed by atoms with Gasteiger partial charge in [-0.15, -0.1) is 0 Å². The normalized spacial score (nSPS) is 11.5. The fraction of sp³-hybridized carbons (Fsp3) is 0.143. The van der Waals surface area contributed by atoms with E-state index in [1.165, 1.54) is 36.4 Å². The minimum Gasteiger partial charge on any atom is -0.267 e. The zero-order valence-corrected chi connectivity index (χ0v) is 25.4. The molecule has 3 aromatic rings. The van der Waals surface area contributed by atoms with Gasteiger partial charge in [0.15, 0.2) is 0 Å². The molecule has 0 atom stereocenters. The summed E-state index contributed by atoms with van der Waals surface area (Å²) in [5.41, 5.74) is 0.881. The predicted octanol–water partition coefficient (Wildman–Crippen LogP) is 6.47. The van der Waals surface area contributed by atoms with Gasteiger partial charge in [-0.1, -0.05) is 56.1 Å². The zero-order valence-electron chi connectivity index (χ0n) is 18.2. The molecule has 35 heavy (non-hydrogen) atoms. The Morgan fingerprint density at radius 3 is 1.43 bits per heavy atom. The van der Waals surface area contributed by atoms with Crippen LogP contribution < -0.4 is 0 Å². The maximum absolute atomic E-state index is 11.3. The van der Waals surface area contributed by atoms with Gasteiger partial charge in [0.05, 0.1) is 21.3 Å². The predicted molar refractivity (Wildman–Crippen MR) is 144 cm³/mol. The van der Waals surface area contributed by atoms with Gasteiger partial charge in [-0.05, 0) is 67.9 Å². The first-order valence-corrected chi connectivity index (χ1v) is 17.0. The molecule has 192 valence electrons. The summed E-state index contributed by atoms with van der Waals surface area (Å²) in [6.45, 7) is 3.59. The van der Waals surface area contributed by atoms with E-state index < -0.39 is 28.2 Å². The molecule has 0 fully saturated rings. The van der Waals surface area contributed by atoms with Gasteiger partial charge in [-0.25, -0.2) is 16.8 Å². The van der Waals surface area contributed by atoms with Crippen LogP contribution >= 0.6 is 53.2 Å². The second-order valence-corrected chi connectivity index (χ2v) is 15.0. The molecule has 0 bridgehead atoms. The van der Waals surface area contributed by atoms with Crippen LogP contribution in [0, 0.1) is 6.92 Å². The molecule has 0 aromatic heterocycles. The van der Waals surface area contributed by atoms with Gasteiger partial charge < -0.3 is 0 Å². The van der Waals surface area contributed by atoms with Gasteiger partial charge >= 0.3 is 0 Å². The molecular weight excluding hydrogens is 691 g/mol. The van der Waals surface area contributed by atoms with Crippen molar-refractivity contribution in [3.63, 3.8) is 0 Å². The summed E-state index contributed by atoms with van der Waals surface area (Å²) >= 11 is 6.32. The third-order valence-corrected chi connectivity index (χ3v) is 8.77. The molecule has 0 aliphatic heterocycles. The number of halogens is 4. The fourth-order valence-electron chi connectivity index (χ4n) is 2.23. The van der Waals surface area contributed by atoms with Crippen molar-refractivity contribution < 1.29 is 29.4 Å². The van der Waals surface area contributed by atoms with E-state index in [0.29, 0.717) is 8.95 Å². The molecule has 14 heteroatoms. The van der Waals surface area contributed by atoms with Gasteiger partial charge in [-0.2, -0.15) is 8.42 Å². The lowest BCUT2D eigenvalue weighted by Crippen LogP contribution is -2.05. The molecule has 7 nitrogen and oxygen atoms in total. The van der Waals surface area contributed by atoms with Crippen LogP contribution in [-0.2, 0) is 32.4 Å². The van der Waals surface area contributed by atoms with E-state index in [1.807, 2.05) is 13.0 Å². The van der Waals surface area contributed by atoms with Crippen LogP contribution in [0.2, 0.25) is 0 Å². The van der Waals surface area contributed by atoms with Crippen LogP contribution in [0.4, 0.5) is 0 Å². The second kappa shape index (κ2) is 14.1. The van der Waals surface area contributed by atoms with Gasteiger partial charge in [0.25, 0.3) is 28.2 Å². The van der Waals surface area contributed by atoms with Crippen molar-refractivity contribution in [1.29, 1.82) is 0 Å². The van der Waals surface area contributed by atoms with Crippen molar-refractivity contribution in [2.24, 2.45) is 0 Å². The Balaban J connectivity index is 0.000000264. The SMILES string of the molecule is CCOS(=O)(=O)c1cccc(Br)c1.Cc1cccc(S(=O)(=O)Cl)c1.O=S(=O)(Cl)c1cccc(Br)c1. The first kappa shape index (κ1) is 32.0. The highest BCUT2D eigenvalue weighted by Crippen LogP contribution is 2.19. The van der Waals surface area contributed by atoms with Crippen LogP contribution in [0.3, 0.4) is 0 Å². The Morgan fingerprint density at radius 2 is 1.09 bits per heavy atom. The maximum atomic E-state index is 11.3. The Labute approximate surface area is 231 Å². The molecule has 3 rings (SSSR count). The molecule has 0 amide bonds. The number of hydrogen-bond donors (Lipinski definition) is 0. The largest absolute Gasteiger partial charge is 0.297 e. The summed E-state index contributed by atoms with van der Waals surface area (Å²) in [6, 6.07) is 19.1. The van der Waals surface area contributed by atoms with E-state index in [9.17, 15) is 25.3 Å². The van der Waals surface area contributed by atoms with E-state index in [0.717, 1.165) is 5.56 Å². The molecule has 0 saturated carbocycles. The summed E-state index contributed by atoms with van der Waals surface area (Å²) < 4.78 is 71.7. The Morgan fingerprint density at radius 1 is 0.686 bits per heavy atom. The maximum Gasteiger partial charge on any atom is 0.297 e. The quantitative estimate of drug-likeness (QED) is 0.220. The molecule has 3 aromatic carbocycles. The first-order chi connectivity index (χ1) is 16.1. The molecular formula is C21H20Br2Cl2O7S3. The highest BCUT2D eigenvalue weighted by molar-refractivity contribution is 9.10. The Kier molecular flexibility index (Phi) is 12.9. The lowest BCUT2D eigenvalue weighted by Gasteiger charge is -2.02. The van der Waals surface area contributed by atoms with Crippen LogP contribution in [0.15, 0.2) is 96.4 Å². The zero-order chi connectivity index (χ0) is 26.9. The third kappa shape index (κ3) is 12.2. The fourth-order valence-corrected chi connectivity index (χ4v) is 5.95. The summed E-state index contributed by atoms with van der Waals surface area (Å²) in [6.07, 6.45) is 0. The van der Waals surface area contributed by atoms with Crippen molar-refractivity contribution in [3.8, 4) is 0 Å². The van der Waals surface area contributed by atoms with E-state index in [1.54, 1.807) is 37.3 Å². The number of benzene rings is 3. The minimum absolute atomic E-state index is 0.105. The highest BCUT2D eigenvalue weighted by atomic mass is 79.9. The molecule has 0 spiro atoms. The minimum atomic E-state index is -3.58. The van der Waals surface area contributed by atoms with Crippen molar-refractivity contribution in [2.75, 3.05) is 6.61 Å². The standard InChI is InChI=1S/C8H9BrO3S.C7H7ClO2S.C6H4BrClO2S/c1-2-12-13(10,11)8-5-3-4-7(9)6-8;1-6-3-2-4-7(5-6)11(8,9)10;7-5-2-1-3-6(4-5)11(8,9)10/h3-6H,2H2,1H3;2-5H,1H3;1-4H. The molecule has 0 aliphatic carbocycles. The topological polar surface area (TPSA) is 112 Å². The summed E-state index contributed by atoms with van der Waals surface area (Å²) in [5, 5.41) is 0. The van der Waals surface area contributed by atoms with E-state index in [2.05, 4.69) is 36.0 Å². The van der Waals surface area contributed by atoms with Crippen LogP contribution in [0.1, 0.15) is 12.5 Å². The summed E-state index contributed by atoms with van der Waals surface area (Å²) in [7, 11) is -0.514. The third-order valence-electron chi connectivity index (χ3n) is 3.71. The summed E-state index contributed by atoms with van der Waals surface area (Å²) in [4.78, 5) is 0.427. The number of hydrogen-bond acceptors (Lipinski definition) is 7. The van der Waals surface area contributed by atoms with E-state index in [-0.39, 0.29) is 21.3 Å². The average molecular weight is 711 g/mol. The molecule has 0 heterocycles. The molecule has 0 radical (unpaired) electrons. The first-order valence-electron chi connectivity index (χ1n) is 9.43. The Bertz CT molecular complexity index is 1390. The van der Waals surface area contributed by atoms with E-state index >= 15 is 0 Å².